The predicted molar refractivity (Wildman–Crippen MR) is 166 cm³/mol. The van der Waals surface area contributed by atoms with Crippen molar-refractivity contribution < 1.29 is 47.0 Å². The summed E-state index contributed by atoms with van der Waals surface area (Å²) in [5, 5.41) is 9.64. The lowest BCUT2D eigenvalue weighted by atomic mass is 10.1. The fourth-order valence-corrected chi connectivity index (χ4v) is 6.92. The molecule has 2 heterocycles. The molecule has 3 amide bonds. The van der Waals surface area contributed by atoms with Crippen molar-refractivity contribution in [2.75, 3.05) is 40.1 Å². The van der Waals surface area contributed by atoms with Gasteiger partial charge in [0.1, 0.15) is 18.4 Å². The highest BCUT2D eigenvalue weighted by atomic mass is 32.2. The average molecular weight is 669 g/mol. The lowest BCUT2D eigenvalue weighted by molar-refractivity contribution is -0.135. The second kappa shape index (κ2) is 15.2. The van der Waals surface area contributed by atoms with E-state index >= 15 is 0 Å². The van der Waals surface area contributed by atoms with Crippen LogP contribution in [0, 0.1) is 0 Å². The van der Waals surface area contributed by atoms with Gasteiger partial charge in [-0.15, -0.1) is 0 Å². The average Bonchev–Trinajstić information content (AvgIpc) is 3.58. The number of hydroxylamine groups is 1. The normalized spacial score (nSPS) is 14.9. The van der Waals surface area contributed by atoms with E-state index in [9.17, 15) is 28.0 Å². The molecule has 2 aliphatic rings. The van der Waals surface area contributed by atoms with Gasteiger partial charge in [-0.05, 0) is 53.9 Å². The molecule has 1 fully saturated rings. The molecule has 0 spiro atoms. The van der Waals surface area contributed by atoms with Crippen LogP contribution < -0.4 is 19.7 Å². The van der Waals surface area contributed by atoms with Gasteiger partial charge in [0, 0.05) is 39.1 Å². The third-order valence-electron chi connectivity index (χ3n) is 7.93. The molecule has 3 aromatic carbocycles. The third kappa shape index (κ3) is 8.11. The van der Waals surface area contributed by atoms with Crippen molar-refractivity contribution in [3.8, 4) is 17.2 Å². The number of nitrogens with zero attached hydrogens (tertiary/aromatic N) is 3. The van der Waals surface area contributed by atoms with E-state index in [1.54, 1.807) is 28.6 Å². The Balaban J connectivity index is 1.28. The zero-order valence-corrected chi connectivity index (χ0v) is 26.6. The van der Waals surface area contributed by atoms with Crippen molar-refractivity contribution in [2.45, 2.75) is 36.9 Å². The molecule has 0 radical (unpaired) electrons. The topological polar surface area (TPSA) is 164 Å². The lowest BCUT2D eigenvalue weighted by Gasteiger charge is -2.35. The number of hydrogen-bond acceptors (Lipinski definition) is 10. The lowest BCUT2D eigenvalue weighted by Crippen LogP contribution is -2.52. The number of fused-ring (bicyclic) bond motifs is 1. The minimum atomic E-state index is -4.36. The minimum Gasteiger partial charge on any atom is -0.497 e. The van der Waals surface area contributed by atoms with E-state index in [2.05, 4.69) is 0 Å². The molecule has 47 heavy (non-hydrogen) atoms. The van der Waals surface area contributed by atoms with Crippen LogP contribution in [0.2, 0.25) is 0 Å². The summed E-state index contributed by atoms with van der Waals surface area (Å²) < 4.78 is 50.4. The van der Waals surface area contributed by atoms with Crippen LogP contribution in [-0.2, 0) is 37.5 Å². The van der Waals surface area contributed by atoms with Crippen molar-refractivity contribution in [1.29, 1.82) is 0 Å². The first-order valence-corrected chi connectivity index (χ1v) is 16.4. The van der Waals surface area contributed by atoms with Gasteiger partial charge >= 0.3 is 6.09 Å². The molecule has 15 heteroatoms. The molecular formula is C32H36N4O10S. The van der Waals surface area contributed by atoms with Gasteiger partial charge in [0.25, 0.3) is 5.91 Å². The summed E-state index contributed by atoms with van der Waals surface area (Å²) in [5.41, 5.74) is 2.92. The molecule has 0 saturated carbocycles. The first-order valence-electron chi connectivity index (χ1n) is 14.9. The number of piperazine rings is 1. The van der Waals surface area contributed by atoms with E-state index in [4.69, 9.17) is 18.9 Å². The zero-order chi connectivity index (χ0) is 33.4. The summed E-state index contributed by atoms with van der Waals surface area (Å²) in [6.07, 6.45) is -0.917. The van der Waals surface area contributed by atoms with Crippen LogP contribution in [-0.4, -0.2) is 91.8 Å². The number of carbonyl (C=O) groups excluding carboxylic acids is 3. The summed E-state index contributed by atoms with van der Waals surface area (Å²) in [5.74, 6) is 0.0273. The molecule has 3 aromatic rings. The van der Waals surface area contributed by atoms with E-state index in [1.165, 1.54) is 36.3 Å². The molecular weight excluding hydrogens is 632 g/mol. The van der Waals surface area contributed by atoms with Gasteiger partial charge < -0.3 is 28.7 Å². The largest absolute Gasteiger partial charge is 0.497 e. The molecule has 2 aliphatic heterocycles. The first kappa shape index (κ1) is 33.5. The van der Waals surface area contributed by atoms with Gasteiger partial charge in [0.15, 0.2) is 11.5 Å². The van der Waals surface area contributed by atoms with Crippen molar-refractivity contribution in [3.05, 3.63) is 83.9 Å². The number of hydrogen-bond donors (Lipinski definition) is 2. The second-order valence-electron chi connectivity index (χ2n) is 10.9. The predicted octanol–water partition coefficient (Wildman–Crippen LogP) is 2.75. The summed E-state index contributed by atoms with van der Waals surface area (Å²) in [6.45, 7) is 0.857. The molecule has 0 aliphatic carbocycles. The van der Waals surface area contributed by atoms with Crippen molar-refractivity contribution in [2.24, 2.45) is 0 Å². The Morgan fingerprint density at radius 1 is 0.915 bits per heavy atom. The Morgan fingerprint density at radius 3 is 2.28 bits per heavy atom. The maximum absolute atomic E-state index is 14.0. The smallest absolute Gasteiger partial charge is 0.410 e. The Morgan fingerprint density at radius 2 is 1.60 bits per heavy atom. The van der Waals surface area contributed by atoms with E-state index in [0.29, 0.717) is 22.8 Å². The van der Waals surface area contributed by atoms with E-state index in [0.717, 1.165) is 9.87 Å². The highest BCUT2D eigenvalue weighted by Crippen LogP contribution is 2.34. The van der Waals surface area contributed by atoms with Gasteiger partial charge in [-0.25, -0.2) is 18.7 Å². The summed E-state index contributed by atoms with van der Waals surface area (Å²) in [6, 6.07) is 18.4. The first-order chi connectivity index (χ1) is 22.7. The number of carbonyl (C=O) groups is 3. The monoisotopic (exact) mass is 668 g/mol. The number of amides is 3. The Bertz CT molecular complexity index is 1660. The maximum Gasteiger partial charge on any atom is 0.410 e. The van der Waals surface area contributed by atoms with Crippen molar-refractivity contribution in [1.82, 2.24) is 19.6 Å². The summed E-state index contributed by atoms with van der Waals surface area (Å²) >= 11 is 0. The van der Waals surface area contributed by atoms with E-state index in [-0.39, 0.29) is 69.8 Å². The molecule has 250 valence electrons. The van der Waals surface area contributed by atoms with Crippen LogP contribution in [0.25, 0.3) is 0 Å². The van der Waals surface area contributed by atoms with E-state index in [1.807, 2.05) is 30.3 Å². The molecule has 1 saturated heterocycles. The molecule has 5 rings (SSSR count). The Labute approximate surface area is 272 Å². The fraction of sp³-hybridized carbons (Fsp3) is 0.344. The Hall–Kier alpha value is -4.86. The van der Waals surface area contributed by atoms with E-state index < -0.39 is 28.1 Å². The SMILES string of the molecule is COc1ccc(S(=O)(=O)N(Cc2ccc3c(c2)OCO3)[C@H](CCC(=O)N2CCN(C(=O)OCc3ccccc3)CC2)C(=O)NO)cc1. The standard InChI is InChI=1S/C32H36N4O10S/c1-43-25-8-10-26(11-9-25)47(41,42)36(20-24-7-13-28-29(19-24)46-22-45-28)27(31(38)33-40)12-14-30(37)34-15-17-35(18-16-34)32(39)44-21-23-5-3-2-4-6-23/h2-11,13,19,27,40H,12,14-18,20-22H2,1H3,(H,33,38)/t27-/m1/s1. The molecule has 1 atom stereocenters. The number of methoxy groups -OCH3 is 1. The van der Waals surface area contributed by atoms with Crippen LogP contribution in [0.15, 0.2) is 77.7 Å². The molecule has 2 N–H and O–H groups in total. The van der Waals surface area contributed by atoms with Gasteiger partial charge in [-0.1, -0.05) is 36.4 Å². The number of nitrogens with one attached hydrogen (secondary N) is 1. The zero-order valence-electron chi connectivity index (χ0n) is 25.7. The van der Waals surface area contributed by atoms with Gasteiger partial charge in [0.2, 0.25) is 22.7 Å². The van der Waals surface area contributed by atoms with Crippen LogP contribution in [0.4, 0.5) is 4.79 Å². The summed E-state index contributed by atoms with van der Waals surface area (Å²) in [7, 11) is -2.91. The van der Waals surface area contributed by atoms with Crippen molar-refractivity contribution >= 4 is 27.9 Å². The van der Waals surface area contributed by atoms with Crippen LogP contribution in [0.3, 0.4) is 0 Å². The van der Waals surface area contributed by atoms with Gasteiger partial charge in [-0.3, -0.25) is 14.8 Å². The quantitative estimate of drug-likeness (QED) is 0.217. The molecule has 0 bridgehead atoms. The minimum absolute atomic E-state index is 0.0213. The van der Waals surface area contributed by atoms with Crippen LogP contribution in [0.1, 0.15) is 24.0 Å². The molecule has 0 unspecified atom stereocenters. The molecule has 14 nitrogen and oxygen atoms in total. The van der Waals surface area contributed by atoms with Crippen LogP contribution in [0.5, 0.6) is 17.2 Å². The highest BCUT2D eigenvalue weighted by molar-refractivity contribution is 7.89. The molecule has 0 aromatic heterocycles. The third-order valence-corrected chi connectivity index (χ3v) is 9.80. The second-order valence-corrected chi connectivity index (χ2v) is 12.7. The number of rotatable bonds is 12. The van der Waals surface area contributed by atoms with Crippen molar-refractivity contribution in [3.63, 3.8) is 0 Å². The maximum atomic E-state index is 14.0. The highest BCUT2D eigenvalue weighted by Gasteiger charge is 2.37. The fourth-order valence-electron chi connectivity index (χ4n) is 5.31. The summed E-state index contributed by atoms with van der Waals surface area (Å²) in [4.78, 5) is 41.9. The number of sulfonamides is 1. The van der Waals surface area contributed by atoms with Crippen LogP contribution >= 0.6 is 0 Å². The van der Waals surface area contributed by atoms with Gasteiger partial charge in [0.05, 0.1) is 12.0 Å². The van der Waals surface area contributed by atoms with Gasteiger partial charge in [-0.2, -0.15) is 4.31 Å². The number of benzene rings is 3. The Kier molecular flexibility index (Phi) is 10.8. The number of ether oxygens (including phenoxy) is 4.